The number of nitrogens with one attached hydrogen (secondary N) is 1. The van der Waals surface area contributed by atoms with Gasteiger partial charge in [-0.05, 0) is 62.8 Å². The summed E-state index contributed by atoms with van der Waals surface area (Å²) in [6.45, 7) is 3.18. The van der Waals surface area contributed by atoms with E-state index in [4.69, 9.17) is 0 Å². The Bertz CT molecular complexity index is 558. The molecule has 21 heavy (non-hydrogen) atoms. The van der Waals surface area contributed by atoms with Gasteiger partial charge in [0.25, 0.3) is 0 Å². The zero-order chi connectivity index (χ0) is 15.2. The molecule has 0 saturated heterocycles. The molecule has 0 aliphatic heterocycles. The first-order valence-corrected chi connectivity index (χ1v) is 7.58. The highest BCUT2D eigenvalue weighted by Crippen LogP contribution is 2.22. The van der Waals surface area contributed by atoms with Crippen LogP contribution in [0, 0.1) is 0 Å². The van der Waals surface area contributed by atoms with E-state index in [1.165, 1.54) is 22.3 Å². The van der Waals surface area contributed by atoms with Crippen molar-refractivity contribution >= 4 is 0 Å². The summed E-state index contributed by atoms with van der Waals surface area (Å²) in [7, 11) is 6.21. The summed E-state index contributed by atoms with van der Waals surface area (Å²) in [5.74, 6) is 0. The standard InChI is InChI=1S/C19H26N2/c1-15(20-2)12-16-8-10-18(11-9-16)19-7-5-6-17(13-19)14-21(3)4/h5-11,13,15,20H,12,14H2,1-4H3. The molecule has 2 aromatic carbocycles. The van der Waals surface area contributed by atoms with E-state index in [9.17, 15) is 0 Å². The second kappa shape index (κ2) is 7.39. The topological polar surface area (TPSA) is 15.3 Å². The van der Waals surface area contributed by atoms with Crippen LogP contribution in [0.15, 0.2) is 48.5 Å². The van der Waals surface area contributed by atoms with Crippen LogP contribution in [0.25, 0.3) is 11.1 Å². The van der Waals surface area contributed by atoms with Crippen LogP contribution < -0.4 is 5.32 Å². The quantitative estimate of drug-likeness (QED) is 0.871. The summed E-state index contributed by atoms with van der Waals surface area (Å²) in [6, 6.07) is 18.2. The lowest BCUT2D eigenvalue weighted by atomic mass is 9.99. The van der Waals surface area contributed by atoms with Gasteiger partial charge in [-0.3, -0.25) is 0 Å². The van der Waals surface area contributed by atoms with Crippen LogP contribution in [0.4, 0.5) is 0 Å². The Kier molecular flexibility index (Phi) is 5.54. The van der Waals surface area contributed by atoms with Crippen LogP contribution in [0.5, 0.6) is 0 Å². The summed E-state index contributed by atoms with van der Waals surface area (Å²) in [6.07, 6.45) is 1.07. The third-order valence-corrected chi connectivity index (χ3v) is 3.75. The highest BCUT2D eigenvalue weighted by Gasteiger charge is 2.03. The Labute approximate surface area is 128 Å². The lowest BCUT2D eigenvalue weighted by Crippen LogP contribution is -2.23. The van der Waals surface area contributed by atoms with Crippen LogP contribution >= 0.6 is 0 Å². The zero-order valence-electron chi connectivity index (χ0n) is 13.6. The largest absolute Gasteiger partial charge is 0.317 e. The molecular weight excluding hydrogens is 256 g/mol. The molecule has 0 bridgehead atoms. The average molecular weight is 282 g/mol. The fourth-order valence-corrected chi connectivity index (χ4v) is 2.50. The molecule has 1 atom stereocenters. The molecule has 2 nitrogen and oxygen atoms in total. The van der Waals surface area contributed by atoms with Crippen molar-refractivity contribution in [2.75, 3.05) is 21.1 Å². The van der Waals surface area contributed by atoms with Crippen LogP contribution in [0.3, 0.4) is 0 Å². The van der Waals surface area contributed by atoms with E-state index >= 15 is 0 Å². The first-order chi connectivity index (χ1) is 10.1. The molecule has 0 aromatic heterocycles. The van der Waals surface area contributed by atoms with Crippen molar-refractivity contribution in [1.82, 2.24) is 10.2 Å². The number of hydrogen-bond donors (Lipinski definition) is 1. The summed E-state index contributed by atoms with van der Waals surface area (Å²) in [5, 5.41) is 3.28. The molecular formula is C19H26N2. The SMILES string of the molecule is CNC(C)Cc1ccc(-c2cccc(CN(C)C)c2)cc1. The highest BCUT2D eigenvalue weighted by atomic mass is 15.0. The molecule has 0 aliphatic rings. The van der Waals surface area contributed by atoms with Crippen LogP contribution in [0.2, 0.25) is 0 Å². The number of nitrogens with zero attached hydrogens (tertiary/aromatic N) is 1. The van der Waals surface area contributed by atoms with E-state index in [-0.39, 0.29) is 0 Å². The van der Waals surface area contributed by atoms with Gasteiger partial charge in [0.2, 0.25) is 0 Å². The maximum Gasteiger partial charge on any atom is 0.0227 e. The van der Waals surface area contributed by atoms with Gasteiger partial charge in [0, 0.05) is 12.6 Å². The minimum absolute atomic E-state index is 0.513. The van der Waals surface area contributed by atoms with Crippen molar-refractivity contribution in [3.8, 4) is 11.1 Å². The van der Waals surface area contributed by atoms with Crippen molar-refractivity contribution in [3.05, 3.63) is 59.7 Å². The van der Waals surface area contributed by atoms with Gasteiger partial charge in [-0.1, -0.05) is 42.5 Å². The number of likely N-dealkylation sites (N-methyl/N-ethyl adjacent to an activating group) is 1. The van der Waals surface area contributed by atoms with E-state index in [0.29, 0.717) is 6.04 Å². The summed E-state index contributed by atoms with van der Waals surface area (Å²) >= 11 is 0. The zero-order valence-corrected chi connectivity index (χ0v) is 13.6. The molecule has 0 spiro atoms. The second-order valence-corrected chi connectivity index (χ2v) is 6.03. The number of rotatable bonds is 6. The summed E-state index contributed by atoms with van der Waals surface area (Å²) in [4.78, 5) is 2.20. The molecule has 0 fully saturated rings. The first-order valence-electron chi connectivity index (χ1n) is 7.58. The average Bonchev–Trinajstić information content (AvgIpc) is 2.47. The molecule has 2 rings (SSSR count). The molecule has 112 valence electrons. The second-order valence-electron chi connectivity index (χ2n) is 6.03. The normalized spacial score (nSPS) is 12.6. The molecule has 1 N–H and O–H groups in total. The van der Waals surface area contributed by atoms with Gasteiger partial charge >= 0.3 is 0 Å². The molecule has 0 radical (unpaired) electrons. The fraction of sp³-hybridized carbons (Fsp3) is 0.368. The van der Waals surface area contributed by atoms with Crippen molar-refractivity contribution < 1.29 is 0 Å². The van der Waals surface area contributed by atoms with Gasteiger partial charge in [-0.15, -0.1) is 0 Å². The smallest absolute Gasteiger partial charge is 0.0227 e. The lowest BCUT2D eigenvalue weighted by molar-refractivity contribution is 0.402. The maximum atomic E-state index is 3.28. The Balaban J connectivity index is 2.14. The third-order valence-electron chi connectivity index (χ3n) is 3.75. The number of hydrogen-bond acceptors (Lipinski definition) is 2. The van der Waals surface area contributed by atoms with Gasteiger partial charge in [0.15, 0.2) is 0 Å². The van der Waals surface area contributed by atoms with Gasteiger partial charge in [-0.2, -0.15) is 0 Å². The third kappa shape index (κ3) is 4.69. The van der Waals surface area contributed by atoms with Gasteiger partial charge in [-0.25, -0.2) is 0 Å². The molecule has 0 aliphatic carbocycles. The minimum Gasteiger partial charge on any atom is -0.317 e. The summed E-state index contributed by atoms with van der Waals surface area (Å²) in [5.41, 5.74) is 5.31. The van der Waals surface area contributed by atoms with E-state index in [1.54, 1.807) is 0 Å². The molecule has 1 unspecified atom stereocenters. The van der Waals surface area contributed by atoms with Gasteiger partial charge in [0.1, 0.15) is 0 Å². The predicted octanol–water partition coefficient (Wildman–Crippen LogP) is 3.57. The lowest BCUT2D eigenvalue weighted by Gasteiger charge is -2.12. The molecule has 2 aromatic rings. The van der Waals surface area contributed by atoms with Crippen molar-refractivity contribution in [2.24, 2.45) is 0 Å². The maximum absolute atomic E-state index is 3.28. The van der Waals surface area contributed by atoms with Crippen LogP contribution in [0.1, 0.15) is 18.1 Å². The van der Waals surface area contributed by atoms with Crippen LogP contribution in [-0.2, 0) is 13.0 Å². The number of benzene rings is 2. The summed E-state index contributed by atoms with van der Waals surface area (Å²) < 4.78 is 0. The van der Waals surface area contributed by atoms with E-state index < -0.39 is 0 Å². The molecule has 0 heterocycles. The predicted molar refractivity (Wildman–Crippen MR) is 91.5 cm³/mol. The van der Waals surface area contributed by atoms with E-state index in [0.717, 1.165) is 13.0 Å². The minimum atomic E-state index is 0.513. The Morgan fingerprint density at radius 3 is 2.29 bits per heavy atom. The molecule has 0 saturated carbocycles. The Morgan fingerprint density at radius 1 is 0.952 bits per heavy atom. The van der Waals surface area contributed by atoms with Gasteiger partial charge < -0.3 is 10.2 Å². The van der Waals surface area contributed by atoms with E-state index in [1.807, 2.05) is 7.05 Å². The van der Waals surface area contributed by atoms with Gasteiger partial charge in [0.05, 0.1) is 0 Å². The van der Waals surface area contributed by atoms with Crippen molar-refractivity contribution in [2.45, 2.75) is 25.9 Å². The molecule has 2 heteroatoms. The Morgan fingerprint density at radius 2 is 1.67 bits per heavy atom. The monoisotopic (exact) mass is 282 g/mol. The van der Waals surface area contributed by atoms with Crippen molar-refractivity contribution in [3.63, 3.8) is 0 Å². The van der Waals surface area contributed by atoms with Crippen molar-refractivity contribution in [1.29, 1.82) is 0 Å². The molecule has 0 amide bonds. The van der Waals surface area contributed by atoms with E-state index in [2.05, 4.69) is 79.8 Å². The highest BCUT2D eigenvalue weighted by molar-refractivity contribution is 5.64. The van der Waals surface area contributed by atoms with Crippen LogP contribution in [-0.4, -0.2) is 32.1 Å². The fourth-order valence-electron chi connectivity index (χ4n) is 2.50. The first kappa shape index (κ1) is 15.7. The Hall–Kier alpha value is -1.64.